The highest BCUT2D eigenvalue weighted by atomic mass is 32.1. The number of aryl methyl sites for hydroxylation is 1. The summed E-state index contributed by atoms with van der Waals surface area (Å²) in [6.45, 7) is 9.70. The molecule has 0 amide bonds. The van der Waals surface area contributed by atoms with Crippen LogP contribution >= 0.6 is 22.7 Å². The van der Waals surface area contributed by atoms with Crippen molar-refractivity contribution in [1.82, 2.24) is 0 Å². The number of fused-ring (bicyclic) bond motifs is 6. The first-order chi connectivity index (χ1) is 14.9. The monoisotopic (exact) mass is 440 g/mol. The number of hydrogen-bond donors (Lipinski definition) is 1. The van der Waals surface area contributed by atoms with E-state index in [0.29, 0.717) is 6.67 Å². The fraction of sp³-hybridized carbons (Fsp3) is 0.222. The standard InChI is InChI=1S/C27H24N2S2/c1-15-11-20-22(30-15)10-9-19-23-24(28-14-29-26(23)31-25(19)20)17-12-16-7-5-6-8-18(16)21(13-17)27(2,3)4/h5-13,29H,14H2,1-4H3. The second kappa shape index (κ2) is 6.65. The van der Waals surface area contributed by atoms with Crippen molar-refractivity contribution < 1.29 is 0 Å². The molecule has 0 saturated carbocycles. The highest BCUT2D eigenvalue weighted by Crippen LogP contribution is 2.44. The number of benzene rings is 3. The van der Waals surface area contributed by atoms with Crippen molar-refractivity contribution in [2.45, 2.75) is 33.1 Å². The SMILES string of the molecule is Cc1cc2c(ccc3c4c(sc32)NCN=C4c2cc(C(C)(C)C)c3ccccc3c2)s1. The van der Waals surface area contributed by atoms with Crippen molar-refractivity contribution in [2.75, 3.05) is 12.0 Å². The van der Waals surface area contributed by atoms with Gasteiger partial charge in [0.2, 0.25) is 0 Å². The molecule has 0 fully saturated rings. The van der Waals surface area contributed by atoms with E-state index in [-0.39, 0.29) is 5.41 Å². The molecule has 0 aliphatic carbocycles. The zero-order valence-corrected chi connectivity index (χ0v) is 19.8. The minimum absolute atomic E-state index is 0.0585. The number of rotatable bonds is 1. The van der Waals surface area contributed by atoms with E-state index in [9.17, 15) is 0 Å². The third-order valence-corrected chi connectivity index (χ3v) is 8.34. The molecule has 0 spiro atoms. The van der Waals surface area contributed by atoms with Crippen molar-refractivity contribution >= 4 is 64.3 Å². The summed E-state index contributed by atoms with van der Waals surface area (Å²) in [5.41, 5.74) is 5.02. The Morgan fingerprint density at radius 3 is 2.58 bits per heavy atom. The van der Waals surface area contributed by atoms with Gasteiger partial charge in [-0.2, -0.15) is 0 Å². The predicted molar refractivity (Wildman–Crippen MR) is 139 cm³/mol. The molecule has 1 aliphatic heterocycles. The molecule has 0 saturated heterocycles. The second-order valence-corrected chi connectivity index (χ2v) is 11.7. The van der Waals surface area contributed by atoms with Crippen LogP contribution < -0.4 is 5.32 Å². The zero-order valence-electron chi connectivity index (χ0n) is 18.2. The van der Waals surface area contributed by atoms with Gasteiger partial charge in [0.25, 0.3) is 0 Å². The number of aliphatic imine (C=N–C) groups is 1. The summed E-state index contributed by atoms with van der Waals surface area (Å²) in [5.74, 6) is 0. The summed E-state index contributed by atoms with van der Waals surface area (Å²) in [7, 11) is 0. The Morgan fingerprint density at radius 2 is 1.74 bits per heavy atom. The molecule has 0 bridgehead atoms. The summed E-state index contributed by atoms with van der Waals surface area (Å²) in [6, 6.07) is 20.3. The fourth-order valence-corrected chi connectivity index (χ4v) is 6.93. The van der Waals surface area contributed by atoms with Crippen molar-refractivity contribution in [3.63, 3.8) is 0 Å². The molecule has 154 valence electrons. The number of thiophene rings is 2. The van der Waals surface area contributed by atoms with E-state index in [1.807, 2.05) is 22.7 Å². The van der Waals surface area contributed by atoms with Crippen LogP contribution in [0.15, 0.2) is 59.6 Å². The summed E-state index contributed by atoms with van der Waals surface area (Å²) in [5, 5.41) is 10.1. The number of nitrogens with one attached hydrogen (secondary N) is 1. The van der Waals surface area contributed by atoms with Crippen molar-refractivity contribution in [2.24, 2.45) is 4.99 Å². The van der Waals surface area contributed by atoms with Gasteiger partial charge in [-0.1, -0.05) is 51.1 Å². The van der Waals surface area contributed by atoms with Crippen molar-refractivity contribution in [3.05, 3.63) is 76.2 Å². The minimum Gasteiger partial charge on any atom is -0.357 e. The van der Waals surface area contributed by atoms with E-state index in [0.717, 1.165) is 5.71 Å². The Morgan fingerprint density at radius 1 is 0.903 bits per heavy atom. The first-order valence-corrected chi connectivity index (χ1v) is 12.3. The molecule has 31 heavy (non-hydrogen) atoms. The Bertz CT molecular complexity index is 1530. The van der Waals surface area contributed by atoms with Crippen LogP contribution in [0.5, 0.6) is 0 Å². The van der Waals surface area contributed by atoms with Crippen molar-refractivity contribution in [1.29, 1.82) is 0 Å². The van der Waals surface area contributed by atoms with E-state index < -0.39 is 0 Å². The van der Waals surface area contributed by atoms with Gasteiger partial charge in [0.15, 0.2) is 0 Å². The summed E-state index contributed by atoms with van der Waals surface area (Å²) >= 11 is 3.74. The van der Waals surface area contributed by atoms with Gasteiger partial charge in [0, 0.05) is 36.2 Å². The van der Waals surface area contributed by atoms with Crippen LogP contribution in [0.1, 0.15) is 42.3 Å². The maximum absolute atomic E-state index is 4.99. The van der Waals surface area contributed by atoms with Crippen LogP contribution in [0, 0.1) is 6.92 Å². The summed E-state index contributed by atoms with van der Waals surface area (Å²) < 4.78 is 2.73. The zero-order chi connectivity index (χ0) is 21.3. The molecule has 6 rings (SSSR count). The molecule has 2 nitrogen and oxygen atoms in total. The van der Waals surface area contributed by atoms with Crippen LogP contribution in [0.2, 0.25) is 0 Å². The quantitative estimate of drug-likeness (QED) is 0.280. The molecule has 5 aromatic rings. The maximum atomic E-state index is 4.99. The lowest BCUT2D eigenvalue weighted by Crippen LogP contribution is -2.17. The van der Waals surface area contributed by atoms with Crippen LogP contribution in [0.3, 0.4) is 0 Å². The molecule has 0 unspecified atom stereocenters. The lowest BCUT2D eigenvalue weighted by molar-refractivity contribution is 0.596. The second-order valence-electron chi connectivity index (χ2n) is 9.35. The van der Waals surface area contributed by atoms with Crippen LogP contribution in [-0.2, 0) is 5.41 Å². The Labute approximate surface area is 190 Å². The molecule has 4 heteroatoms. The molecule has 1 aliphatic rings. The van der Waals surface area contributed by atoms with Gasteiger partial charge in [0.1, 0.15) is 11.7 Å². The molecule has 3 aromatic carbocycles. The molecular weight excluding hydrogens is 416 g/mol. The normalized spacial score (nSPS) is 14.1. The van der Waals surface area contributed by atoms with E-state index in [1.54, 1.807) is 0 Å². The van der Waals surface area contributed by atoms with Gasteiger partial charge < -0.3 is 5.32 Å². The Kier molecular flexibility index (Phi) is 4.08. The van der Waals surface area contributed by atoms with E-state index in [1.165, 1.54) is 57.5 Å². The third kappa shape index (κ3) is 2.93. The van der Waals surface area contributed by atoms with Gasteiger partial charge in [-0.3, -0.25) is 4.99 Å². The molecular formula is C27H24N2S2. The molecule has 0 radical (unpaired) electrons. The van der Waals surface area contributed by atoms with Crippen molar-refractivity contribution in [3.8, 4) is 0 Å². The predicted octanol–water partition coefficient (Wildman–Crippen LogP) is 8.10. The maximum Gasteiger partial charge on any atom is 0.109 e. The Balaban J connectivity index is 1.63. The lowest BCUT2D eigenvalue weighted by Gasteiger charge is -2.24. The van der Waals surface area contributed by atoms with Gasteiger partial charge in [-0.05, 0) is 52.9 Å². The minimum atomic E-state index is 0.0585. The first kappa shape index (κ1) is 19.0. The van der Waals surface area contributed by atoms with E-state index in [4.69, 9.17) is 4.99 Å². The molecule has 2 aromatic heterocycles. The molecule has 3 heterocycles. The van der Waals surface area contributed by atoms with Gasteiger partial charge in [-0.15, -0.1) is 22.7 Å². The summed E-state index contributed by atoms with van der Waals surface area (Å²) in [4.78, 5) is 6.35. The topological polar surface area (TPSA) is 24.4 Å². The number of nitrogens with zero attached hydrogens (tertiary/aromatic N) is 1. The van der Waals surface area contributed by atoms with Crippen LogP contribution in [-0.4, -0.2) is 12.4 Å². The number of anilines is 1. The van der Waals surface area contributed by atoms with Crippen LogP contribution in [0.4, 0.5) is 5.00 Å². The highest BCUT2D eigenvalue weighted by Gasteiger charge is 2.25. The Hall–Kier alpha value is -2.69. The fourth-order valence-electron chi connectivity index (χ4n) is 4.73. The lowest BCUT2D eigenvalue weighted by atomic mass is 9.81. The average Bonchev–Trinajstić information content (AvgIpc) is 3.31. The smallest absolute Gasteiger partial charge is 0.109 e. The van der Waals surface area contributed by atoms with E-state index in [2.05, 4.69) is 87.6 Å². The molecule has 1 N–H and O–H groups in total. The largest absolute Gasteiger partial charge is 0.357 e. The third-order valence-electron chi connectivity index (χ3n) is 6.13. The number of hydrogen-bond acceptors (Lipinski definition) is 4. The first-order valence-electron chi connectivity index (χ1n) is 10.7. The van der Waals surface area contributed by atoms with Gasteiger partial charge >= 0.3 is 0 Å². The van der Waals surface area contributed by atoms with Gasteiger partial charge in [-0.25, -0.2) is 0 Å². The molecule has 0 atom stereocenters. The average molecular weight is 441 g/mol. The van der Waals surface area contributed by atoms with E-state index >= 15 is 0 Å². The van der Waals surface area contributed by atoms with Crippen LogP contribution in [0.25, 0.3) is 30.9 Å². The summed E-state index contributed by atoms with van der Waals surface area (Å²) in [6.07, 6.45) is 0. The highest BCUT2D eigenvalue weighted by molar-refractivity contribution is 7.25. The van der Waals surface area contributed by atoms with Gasteiger partial charge in [0.05, 0.1) is 5.71 Å².